The van der Waals surface area contributed by atoms with E-state index in [4.69, 9.17) is 4.74 Å². The van der Waals surface area contributed by atoms with Gasteiger partial charge in [0.2, 0.25) is 0 Å². The molecule has 0 N–H and O–H groups in total. The Morgan fingerprint density at radius 2 is 2.13 bits per heavy atom. The van der Waals surface area contributed by atoms with E-state index in [1.807, 2.05) is 33.8 Å². The molecule has 1 amide bonds. The van der Waals surface area contributed by atoms with Crippen molar-refractivity contribution in [3.63, 3.8) is 0 Å². The first-order valence-electron chi connectivity index (χ1n) is 5.53. The average Bonchev–Trinajstić information content (AvgIpc) is 2.50. The summed E-state index contributed by atoms with van der Waals surface area (Å²) in [6.07, 6.45) is 5.06. The van der Waals surface area contributed by atoms with E-state index >= 15 is 0 Å². The van der Waals surface area contributed by atoms with E-state index in [2.05, 4.69) is 6.08 Å². The third-order valence-corrected chi connectivity index (χ3v) is 2.34. The maximum Gasteiger partial charge on any atom is 0.410 e. The highest BCUT2D eigenvalue weighted by molar-refractivity contribution is 5.68. The number of carbonyl (C=O) groups is 1. The molecule has 1 atom stereocenters. The molecule has 0 bridgehead atoms. The Hall–Kier alpha value is -0.990. The van der Waals surface area contributed by atoms with Gasteiger partial charge in [0, 0.05) is 13.1 Å². The second-order valence-corrected chi connectivity index (χ2v) is 5.00. The van der Waals surface area contributed by atoms with E-state index in [9.17, 15) is 4.79 Å². The SMILES string of the molecule is C/C=C/[C@H]1CCN(C(=O)OC(C)(C)C)C1. The van der Waals surface area contributed by atoms with E-state index < -0.39 is 5.60 Å². The van der Waals surface area contributed by atoms with Crippen LogP contribution in [0.1, 0.15) is 34.1 Å². The van der Waals surface area contributed by atoms with Crippen LogP contribution in [-0.2, 0) is 4.74 Å². The largest absolute Gasteiger partial charge is 0.444 e. The Labute approximate surface area is 92.1 Å². The first-order valence-corrected chi connectivity index (χ1v) is 5.53. The second-order valence-electron chi connectivity index (χ2n) is 5.00. The van der Waals surface area contributed by atoms with Crippen LogP contribution in [0.25, 0.3) is 0 Å². The molecule has 0 spiro atoms. The topological polar surface area (TPSA) is 29.5 Å². The van der Waals surface area contributed by atoms with Crippen molar-refractivity contribution in [3.05, 3.63) is 12.2 Å². The van der Waals surface area contributed by atoms with Crippen LogP contribution in [0.2, 0.25) is 0 Å². The summed E-state index contributed by atoms with van der Waals surface area (Å²) in [4.78, 5) is 13.5. The molecule has 1 aliphatic heterocycles. The third-order valence-electron chi connectivity index (χ3n) is 2.34. The van der Waals surface area contributed by atoms with Gasteiger partial charge in [0.05, 0.1) is 0 Å². The summed E-state index contributed by atoms with van der Waals surface area (Å²) >= 11 is 0. The molecule has 3 heteroatoms. The molecule has 1 fully saturated rings. The van der Waals surface area contributed by atoms with Gasteiger partial charge in [-0.3, -0.25) is 0 Å². The Bertz CT molecular complexity index is 253. The fourth-order valence-electron chi connectivity index (χ4n) is 1.71. The van der Waals surface area contributed by atoms with Crippen molar-refractivity contribution in [1.29, 1.82) is 0 Å². The van der Waals surface area contributed by atoms with Gasteiger partial charge in [0.15, 0.2) is 0 Å². The molecule has 3 nitrogen and oxygen atoms in total. The summed E-state index contributed by atoms with van der Waals surface area (Å²) in [6, 6.07) is 0. The van der Waals surface area contributed by atoms with Crippen molar-refractivity contribution in [2.45, 2.75) is 39.7 Å². The number of ether oxygens (including phenoxy) is 1. The van der Waals surface area contributed by atoms with Crippen molar-refractivity contribution >= 4 is 6.09 Å². The molecule has 0 unspecified atom stereocenters. The highest BCUT2D eigenvalue weighted by Crippen LogP contribution is 2.20. The summed E-state index contributed by atoms with van der Waals surface area (Å²) < 4.78 is 5.31. The highest BCUT2D eigenvalue weighted by Gasteiger charge is 2.28. The van der Waals surface area contributed by atoms with Gasteiger partial charge in [-0.25, -0.2) is 4.79 Å². The van der Waals surface area contributed by atoms with Crippen LogP contribution in [0.3, 0.4) is 0 Å². The van der Waals surface area contributed by atoms with Gasteiger partial charge < -0.3 is 9.64 Å². The van der Waals surface area contributed by atoms with Gasteiger partial charge in [-0.2, -0.15) is 0 Å². The monoisotopic (exact) mass is 211 g/mol. The number of hydrogen-bond donors (Lipinski definition) is 0. The molecule has 86 valence electrons. The zero-order chi connectivity index (χ0) is 11.5. The summed E-state index contributed by atoms with van der Waals surface area (Å²) in [5.74, 6) is 0.502. The number of likely N-dealkylation sites (tertiary alicyclic amines) is 1. The number of carbonyl (C=O) groups excluding carboxylic acids is 1. The summed E-state index contributed by atoms with van der Waals surface area (Å²) in [6.45, 7) is 9.29. The molecule has 0 saturated carbocycles. The smallest absolute Gasteiger partial charge is 0.410 e. The summed E-state index contributed by atoms with van der Waals surface area (Å²) in [7, 11) is 0. The molecule has 0 aromatic heterocycles. The van der Waals surface area contributed by atoms with E-state index in [0.29, 0.717) is 5.92 Å². The number of nitrogens with zero attached hydrogens (tertiary/aromatic N) is 1. The standard InChI is InChI=1S/C12H21NO2/c1-5-6-10-7-8-13(9-10)11(14)15-12(2,3)4/h5-6,10H,7-9H2,1-4H3/b6-5+/t10-/m0/s1. The minimum Gasteiger partial charge on any atom is -0.444 e. The lowest BCUT2D eigenvalue weighted by Crippen LogP contribution is -2.35. The van der Waals surface area contributed by atoms with E-state index in [1.165, 1.54) is 0 Å². The van der Waals surface area contributed by atoms with Crippen molar-refractivity contribution in [1.82, 2.24) is 4.90 Å². The van der Waals surface area contributed by atoms with Gasteiger partial charge >= 0.3 is 6.09 Å². The van der Waals surface area contributed by atoms with Crippen molar-refractivity contribution in [2.24, 2.45) is 5.92 Å². The Morgan fingerprint density at radius 1 is 1.47 bits per heavy atom. The molecule has 1 heterocycles. The summed E-state index contributed by atoms with van der Waals surface area (Å²) in [5.41, 5.74) is -0.393. The van der Waals surface area contributed by atoms with Crippen LogP contribution in [0.5, 0.6) is 0 Å². The van der Waals surface area contributed by atoms with Gasteiger partial charge in [0.25, 0.3) is 0 Å². The lowest BCUT2D eigenvalue weighted by Gasteiger charge is -2.24. The average molecular weight is 211 g/mol. The molecule has 0 radical (unpaired) electrons. The van der Waals surface area contributed by atoms with Crippen LogP contribution in [0, 0.1) is 5.92 Å². The zero-order valence-corrected chi connectivity index (χ0v) is 10.1. The highest BCUT2D eigenvalue weighted by atomic mass is 16.6. The number of allylic oxidation sites excluding steroid dienone is 1. The lowest BCUT2D eigenvalue weighted by atomic mass is 10.1. The maximum atomic E-state index is 11.7. The Balaban J connectivity index is 2.43. The molecule has 1 rings (SSSR count). The summed E-state index contributed by atoms with van der Waals surface area (Å²) in [5, 5.41) is 0. The molecule has 1 aliphatic rings. The normalized spacial score (nSPS) is 22.4. The zero-order valence-electron chi connectivity index (χ0n) is 10.1. The van der Waals surface area contributed by atoms with Crippen molar-refractivity contribution < 1.29 is 9.53 Å². The minimum atomic E-state index is -0.393. The Kier molecular flexibility index (Phi) is 3.77. The molecule has 0 aromatic carbocycles. The van der Waals surface area contributed by atoms with Crippen LogP contribution in [-0.4, -0.2) is 29.7 Å². The van der Waals surface area contributed by atoms with Gasteiger partial charge in [-0.15, -0.1) is 0 Å². The van der Waals surface area contributed by atoms with E-state index in [-0.39, 0.29) is 6.09 Å². The van der Waals surface area contributed by atoms with Gasteiger partial charge in [-0.1, -0.05) is 12.2 Å². The van der Waals surface area contributed by atoms with Crippen molar-refractivity contribution in [3.8, 4) is 0 Å². The molecule has 1 saturated heterocycles. The second kappa shape index (κ2) is 4.69. The number of hydrogen-bond acceptors (Lipinski definition) is 2. The molecule has 0 aromatic rings. The lowest BCUT2D eigenvalue weighted by molar-refractivity contribution is 0.0291. The van der Waals surface area contributed by atoms with Crippen LogP contribution < -0.4 is 0 Å². The number of rotatable bonds is 1. The molecule has 15 heavy (non-hydrogen) atoms. The predicted octanol–water partition coefficient (Wildman–Crippen LogP) is 2.82. The first-order chi connectivity index (χ1) is 6.92. The number of amides is 1. The van der Waals surface area contributed by atoms with Crippen molar-refractivity contribution in [2.75, 3.05) is 13.1 Å². The first kappa shape index (κ1) is 12.1. The Morgan fingerprint density at radius 3 is 2.67 bits per heavy atom. The third kappa shape index (κ3) is 3.94. The quantitative estimate of drug-likeness (QED) is 0.624. The molecular formula is C12H21NO2. The van der Waals surface area contributed by atoms with Crippen LogP contribution in [0.15, 0.2) is 12.2 Å². The predicted molar refractivity (Wildman–Crippen MR) is 60.7 cm³/mol. The fourth-order valence-corrected chi connectivity index (χ4v) is 1.71. The van der Waals surface area contributed by atoms with Crippen LogP contribution >= 0.6 is 0 Å². The van der Waals surface area contributed by atoms with Gasteiger partial charge in [-0.05, 0) is 40.0 Å². The van der Waals surface area contributed by atoms with Gasteiger partial charge in [0.1, 0.15) is 5.60 Å². The van der Waals surface area contributed by atoms with Crippen LogP contribution in [0.4, 0.5) is 4.79 Å². The maximum absolute atomic E-state index is 11.7. The van der Waals surface area contributed by atoms with E-state index in [1.54, 1.807) is 4.90 Å². The molecule has 0 aliphatic carbocycles. The minimum absolute atomic E-state index is 0.186. The van der Waals surface area contributed by atoms with E-state index in [0.717, 1.165) is 19.5 Å². The fraction of sp³-hybridized carbons (Fsp3) is 0.750. The molecular weight excluding hydrogens is 190 g/mol.